The maximum atomic E-state index is 11.3. The molecule has 12 heavy (non-hydrogen) atoms. The first-order chi connectivity index (χ1) is 5.74. The maximum Gasteiger partial charge on any atom is 0.166 e. The SMILES string of the molecule is Cn1cc(C(=O)CCCCl)cn1. The highest BCUT2D eigenvalue weighted by Gasteiger charge is 2.06. The van der Waals surface area contributed by atoms with Crippen LogP contribution in [0.1, 0.15) is 23.2 Å². The van der Waals surface area contributed by atoms with Crippen LogP contribution < -0.4 is 0 Å². The Balaban J connectivity index is 2.53. The van der Waals surface area contributed by atoms with E-state index in [2.05, 4.69) is 5.10 Å². The molecule has 0 N–H and O–H groups in total. The Labute approximate surface area is 76.3 Å². The molecule has 0 saturated carbocycles. The Kier molecular flexibility index (Phi) is 3.29. The molecule has 0 bridgehead atoms. The number of halogens is 1. The Morgan fingerprint density at radius 3 is 3.00 bits per heavy atom. The molecule has 0 aliphatic carbocycles. The number of Topliss-reactive ketones (excluding diaryl/α,β-unsaturated/α-hetero) is 1. The average molecular weight is 187 g/mol. The van der Waals surface area contributed by atoms with Crippen molar-refractivity contribution in [3.05, 3.63) is 18.0 Å². The number of aromatic nitrogens is 2. The largest absolute Gasteiger partial charge is 0.294 e. The highest BCUT2D eigenvalue weighted by atomic mass is 35.5. The zero-order valence-electron chi connectivity index (χ0n) is 6.96. The molecule has 1 aromatic heterocycles. The van der Waals surface area contributed by atoms with Crippen LogP contribution in [-0.2, 0) is 7.05 Å². The topological polar surface area (TPSA) is 34.9 Å². The van der Waals surface area contributed by atoms with Gasteiger partial charge in [0.15, 0.2) is 5.78 Å². The fourth-order valence-electron chi connectivity index (χ4n) is 0.937. The van der Waals surface area contributed by atoms with Gasteiger partial charge in [-0.15, -0.1) is 11.6 Å². The number of carbonyl (C=O) groups is 1. The fourth-order valence-corrected chi connectivity index (χ4v) is 1.07. The molecule has 1 aromatic rings. The van der Waals surface area contributed by atoms with Crippen molar-refractivity contribution in [2.45, 2.75) is 12.8 Å². The molecule has 4 heteroatoms. The van der Waals surface area contributed by atoms with E-state index < -0.39 is 0 Å². The summed E-state index contributed by atoms with van der Waals surface area (Å²) in [4.78, 5) is 11.3. The summed E-state index contributed by atoms with van der Waals surface area (Å²) in [6.45, 7) is 0. The van der Waals surface area contributed by atoms with Crippen LogP contribution in [0.3, 0.4) is 0 Å². The maximum absolute atomic E-state index is 11.3. The van der Waals surface area contributed by atoms with Crippen LogP contribution in [0, 0.1) is 0 Å². The molecule has 0 spiro atoms. The van der Waals surface area contributed by atoms with Crippen molar-refractivity contribution in [2.24, 2.45) is 7.05 Å². The van der Waals surface area contributed by atoms with Crippen LogP contribution in [-0.4, -0.2) is 21.4 Å². The van der Waals surface area contributed by atoms with E-state index in [4.69, 9.17) is 11.6 Å². The molecule has 0 radical (unpaired) electrons. The number of alkyl halides is 1. The molecular weight excluding hydrogens is 176 g/mol. The molecule has 1 heterocycles. The Bertz CT molecular complexity index is 270. The lowest BCUT2D eigenvalue weighted by molar-refractivity contribution is 0.0982. The number of rotatable bonds is 4. The summed E-state index contributed by atoms with van der Waals surface area (Å²) in [6, 6.07) is 0. The average Bonchev–Trinajstić information content (AvgIpc) is 2.47. The van der Waals surface area contributed by atoms with Crippen molar-refractivity contribution in [2.75, 3.05) is 5.88 Å². The molecule has 0 aromatic carbocycles. The third-order valence-electron chi connectivity index (χ3n) is 1.56. The second-order valence-corrected chi connectivity index (χ2v) is 3.00. The van der Waals surface area contributed by atoms with Crippen molar-refractivity contribution in [1.82, 2.24) is 9.78 Å². The van der Waals surface area contributed by atoms with Gasteiger partial charge in [-0.25, -0.2) is 0 Å². The molecule has 0 unspecified atom stereocenters. The number of nitrogens with zero attached hydrogens (tertiary/aromatic N) is 2. The number of hydrogen-bond acceptors (Lipinski definition) is 2. The first kappa shape index (κ1) is 9.26. The van der Waals surface area contributed by atoms with Gasteiger partial charge in [-0.3, -0.25) is 9.48 Å². The first-order valence-corrected chi connectivity index (χ1v) is 4.35. The predicted molar refractivity (Wildman–Crippen MR) is 47.5 cm³/mol. The normalized spacial score (nSPS) is 10.2. The van der Waals surface area contributed by atoms with E-state index in [1.54, 1.807) is 24.1 Å². The summed E-state index contributed by atoms with van der Waals surface area (Å²) >= 11 is 5.47. The summed E-state index contributed by atoms with van der Waals surface area (Å²) in [7, 11) is 1.79. The van der Waals surface area contributed by atoms with Gasteiger partial charge < -0.3 is 0 Å². The fraction of sp³-hybridized carbons (Fsp3) is 0.500. The summed E-state index contributed by atoms with van der Waals surface area (Å²) in [6.07, 6.45) is 4.54. The van der Waals surface area contributed by atoms with Crippen LogP contribution in [0.25, 0.3) is 0 Å². The minimum absolute atomic E-state index is 0.115. The standard InChI is InChI=1S/C8H11ClN2O/c1-11-6-7(5-10-11)8(12)3-2-4-9/h5-6H,2-4H2,1H3. The molecular formula is C8H11ClN2O. The van der Waals surface area contributed by atoms with Crippen LogP contribution in [0.2, 0.25) is 0 Å². The molecule has 0 aliphatic rings. The van der Waals surface area contributed by atoms with Crippen LogP contribution in [0.5, 0.6) is 0 Å². The molecule has 66 valence electrons. The van der Waals surface area contributed by atoms with E-state index in [1.165, 1.54) is 0 Å². The van der Waals surface area contributed by atoms with Gasteiger partial charge in [0.05, 0.1) is 11.8 Å². The first-order valence-electron chi connectivity index (χ1n) is 3.82. The van der Waals surface area contributed by atoms with Gasteiger partial charge >= 0.3 is 0 Å². The molecule has 3 nitrogen and oxygen atoms in total. The number of carbonyl (C=O) groups excluding carboxylic acids is 1. The van der Waals surface area contributed by atoms with E-state index in [9.17, 15) is 4.79 Å². The quantitative estimate of drug-likeness (QED) is 0.529. The van der Waals surface area contributed by atoms with E-state index >= 15 is 0 Å². The van der Waals surface area contributed by atoms with Gasteiger partial charge in [-0.05, 0) is 6.42 Å². The van der Waals surface area contributed by atoms with Crippen molar-refractivity contribution in [3.63, 3.8) is 0 Å². The Morgan fingerprint density at radius 2 is 2.50 bits per heavy atom. The van der Waals surface area contributed by atoms with Crippen molar-refractivity contribution in [3.8, 4) is 0 Å². The van der Waals surface area contributed by atoms with E-state index in [-0.39, 0.29) is 5.78 Å². The van der Waals surface area contributed by atoms with E-state index in [1.807, 2.05) is 0 Å². The van der Waals surface area contributed by atoms with Crippen molar-refractivity contribution in [1.29, 1.82) is 0 Å². The Morgan fingerprint density at radius 1 is 1.75 bits per heavy atom. The van der Waals surface area contributed by atoms with Gasteiger partial charge in [-0.1, -0.05) is 0 Å². The summed E-state index contributed by atoms with van der Waals surface area (Å²) in [5, 5.41) is 3.91. The summed E-state index contributed by atoms with van der Waals surface area (Å²) < 4.78 is 1.62. The second-order valence-electron chi connectivity index (χ2n) is 2.62. The lowest BCUT2D eigenvalue weighted by Gasteiger charge is -1.92. The highest BCUT2D eigenvalue weighted by molar-refractivity contribution is 6.18. The second kappa shape index (κ2) is 4.26. The van der Waals surface area contributed by atoms with E-state index in [0.29, 0.717) is 17.9 Å². The lowest BCUT2D eigenvalue weighted by atomic mass is 10.1. The zero-order chi connectivity index (χ0) is 8.97. The molecule has 0 fully saturated rings. The van der Waals surface area contributed by atoms with Crippen LogP contribution >= 0.6 is 11.6 Å². The van der Waals surface area contributed by atoms with Gasteiger partial charge in [-0.2, -0.15) is 5.10 Å². The zero-order valence-corrected chi connectivity index (χ0v) is 7.71. The minimum Gasteiger partial charge on any atom is -0.294 e. The highest BCUT2D eigenvalue weighted by Crippen LogP contribution is 2.04. The summed E-state index contributed by atoms with van der Waals surface area (Å²) in [5.74, 6) is 0.648. The van der Waals surface area contributed by atoms with Crippen molar-refractivity contribution >= 4 is 17.4 Å². The predicted octanol–water partition coefficient (Wildman–Crippen LogP) is 1.62. The number of hydrogen-bond donors (Lipinski definition) is 0. The third kappa shape index (κ3) is 2.34. The molecule has 0 atom stereocenters. The smallest absolute Gasteiger partial charge is 0.166 e. The third-order valence-corrected chi connectivity index (χ3v) is 1.83. The number of aryl methyl sites for hydroxylation is 1. The van der Waals surface area contributed by atoms with Gasteiger partial charge in [0, 0.05) is 25.5 Å². The van der Waals surface area contributed by atoms with Crippen LogP contribution in [0.4, 0.5) is 0 Å². The number of ketones is 1. The molecule has 0 amide bonds. The Hall–Kier alpha value is -0.830. The molecule has 0 saturated heterocycles. The minimum atomic E-state index is 0.115. The van der Waals surface area contributed by atoms with E-state index in [0.717, 1.165) is 6.42 Å². The monoisotopic (exact) mass is 186 g/mol. The molecule has 1 rings (SSSR count). The lowest BCUT2D eigenvalue weighted by Crippen LogP contribution is -1.97. The van der Waals surface area contributed by atoms with Crippen LogP contribution in [0.15, 0.2) is 12.4 Å². The van der Waals surface area contributed by atoms with Crippen molar-refractivity contribution < 1.29 is 4.79 Å². The molecule has 0 aliphatic heterocycles. The summed E-state index contributed by atoms with van der Waals surface area (Å²) in [5.41, 5.74) is 0.669. The van der Waals surface area contributed by atoms with Gasteiger partial charge in [0.2, 0.25) is 0 Å². The van der Waals surface area contributed by atoms with Gasteiger partial charge in [0.25, 0.3) is 0 Å². The van der Waals surface area contributed by atoms with Gasteiger partial charge in [0.1, 0.15) is 0 Å².